The van der Waals surface area contributed by atoms with Crippen molar-refractivity contribution in [1.82, 2.24) is 0 Å². The van der Waals surface area contributed by atoms with E-state index in [1.54, 1.807) is 12.1 Å². The lowest BCUT2D eigenvalue weighted by Crippen LogP contribution is -2.45. The van der Waals surface area contributed by atoms with Gasteiger partial charge in [0.2, 0.25) is 5.85 Å². The fraction of sp³-hybridized carbons (Fsp3) is 0.143. The highest BCUT2D eigenvalue weighted by Gasteiger charge is 2.35. The highest BCUT2D eigenvalue weighted by atomic mass is 17.2. The van der Waals surface area contributed by atoms with Crippen LogP contribution in [-0.2, 0) is 10.7 Å². The highest BCUT2D eigenvalue weighted by molar-refractivity contribution is 5.38. The number of hydrogen-bond donors (Lipinski definition) is 2. The maximum Gasteiger partial charge on any atom is 0.245 e. The van der Waals surface area contributed by atoms with E-state index in [4.69, 9.17) is 16.4 Å². The lowest BCUT2D eigenvalue weighted by Gasteiger charge is -2.12. The molecule has 0 fully saturated rings. The van der Waals surface area contributed by atoms with Gasteiger partial charge in [0.15, 0.2) is 5.75 Å². The van der Waals surface area contributed by atoms with Crippen LogP contribution in [0.15, 0.2) is 24.3 Å². The minimum absolute atomic E-state index is 0.581. The molecule has 58 valence electrons. The first-order valence-corrected chi connectivity index (χ1v) is 3.23. The van der Waals surface area contributed by atoms with Crippen molar-refractivity contribution in [2.45, 2.75) is 5.85 Å². The molecule has 4 nitrogen and oxygen atoms in total. The van der Waals surface area contributed by atoms with Crippen molar-refractivity contribution in [2.75, 3.05) is 0 Å². The Balaban J connectivity index is 2.56. The summed E-state index contributed by atoms with van der Waals surface area (Å²) in [5.74, 6) is -0.714. The summed E-state index contributed by atoms with van der Waals surface area (Å²) in [6, 6.07) is 7.16. The van der Waals surface area contributed by atoms with Crippen LogP contribution in [0.5, 0.6) is 5.75 Å². The molecule has 0 spiro atoms. The van der Waals surface area contributed by atoms with Gasteiger partial charge in [-0.3, -0.25) is 11.5 Å². The molecule has 4 N–H and O–H groups in total. The van der Waals surface area contributed by atoms with Gasteiger partial charge in [-0.2, -0.15) is 0 Å². The number of nitrogens with two attached hydrogens (primary N) is 2. The molecule has 0 unspecified atom stereocenters. The Bertz CT molecular complexity index is 286. The second-order valence-corrected chi connectivity index (χ2v) is 2.46. The molecule has 0 aliphatic carbocycles. The second kappa shape index (κ2) is 1.94. The Hall–Kier alpha value is -1.10. The van der Waals surface area contributed by atoms with E-state index in [1.165, 1.54) is 0 Å². The van der Waals surface area contributed by atoms with E-state index in [-0.39, 0.29) is 0 Å². The van der Waals surface area contributed by atoms with Crippen molar-refractivity contribution in [1.29, 1.82) is 0 Å². The van der Waals surface area contributed by atoms with Crippen molar-refractivity contribution >= 4 is 0 Å². The summed E-state index contributed by atoms with van der Waals surface area (Å²) in [5.41, 5.74) is 11.7. The molecule has 2 rings (SSSR count). The van der Waals surface area contributed by atoms with Gasteiger partial charge < -0.3 is 4.89 Å². The van der Waals surface area contributed by atoms with Crippen LogP contribution in [0.2, 0.25) is 0 Å². The summed E-state index contributed by atoms with van der Waals surface area (Å²) in [5, 5.41) is 0. The fourth-order valence-corrected chi connectivity index (χ4v) is 1.02. The lowest BCUT2D eigenvalue weighted by molar-refractivity contribution is -0.269. The molecule has 0 amide bonds. The second-order valence-electron chi connectivity index (χ2n) is 2.46. The summed E-state index contributed by atoms with van der Waals surface area (Å²) in [6.45, 7) is 0. The largest absolute Gasteiger partial charge is 0.333 e. The molecular weight excluding hydrogens is 144 g/mol. The first-order valence-electron chi connectivity index (χ1n) is 3.23. The average Bonchev–Trinajstić information content (AvgIpc) is 2.29. The van der Waals surface area contributed by atoms with E-state index < -0.39 is 5.85 Å². The predicted octanol–water partition coefficient (Wildman–Crippen LogP) is 0.0383. The minimum Gasteiger partial charge on any atom is -0.333 e. The molecule has 1 aromatic carbocycles. The third-order valence-corrected chi connectivity index (χ3v) is 1.58. The molecule has 0 saturated heterocycles. The van der Waals surface area contributed by atoms with Crippen molar-refractivity contribution in [3.8, 4) is 5.75 Å². The van der Waals surface area contributed by atoms with Crippen LogP contribution in [0, 0.1) is 0 Å². The van der Waals surface area contributed by atoms with Crippen LogP contribution in [0.4, 0.5) is 0 Å². The van der Waals surface area contributed by atoms with Crippen molar-refractivity contribution in [2.24, 2.45) is 11.5 Å². The van der Waals surface area contributed by atoms with Gasteiger partial charge in [-0.15, -0.1) is 4.89 Å². The first-order chi connectivity index (χ1) is 5.20. The summed E-state index contributed by atoms with van der Waals surface area (Å²) in [6.07, 6.45) is 0. The predicted molar refractivity (Wildman–Crippen MR) is 38.2 cm³/mol. The standard InChI is InChI=1S/C7H8N2O2/c8-7(9)5-3-1-2-4-6(5)10-11-7/h1-4H,8-9H2. The quantitative estimate of drug-likeness (QED) is 0.406. The van der Waals surface area contributed by atoms with Crippen LogP contribution < -0.4 is 16.4 Å². The normalized spacial score (nSPS) is 19.1. The number of fused-ring (bicyclic) bond motifs is 1. The Morgan fingerprint density at radius 2 is 1.91 bits per heavy atom. The maximum absolute atomic E-state index is 5.52. The molecule has 0 saturated carbocycles. The van der Waals surface area contributed by atoms with E-state index in [1.807, 2.05) is 12.1 Å². The molecule has 1 aromatic rings. The zero-order valence-electron chi connectivity index (χ0n) is 5.78. The van der Waals surface area contributed by atoms with Gasteiger partial charge in [0.05, 0.1) is 5.56 Å². The van der Waals surface area contributed by atoms with Gasteiger partial charge in [0.1, 0.15) is 0 Å². The minimum atomic E-state index is -1.30. The molecule has 0 radical (unpaired) electrons. The van der Waals surface area contributed by atoms with Crippen LogP contribution in [0.25, 0.3) is 0 Å². The number of rotatable bonds is 0. The fourth-order valence-electron chi connectivity index (χ4n) is 1.02. The Morgan fingerprint density at radius 1 is 1.18 bits per heavy atom. The van der Waals surface area contributed by atoms with Gasteiger partial charge in [-0.1, -0.05) is 12.1 Å². The molecule has 1 aliphatic rings. The summed E-state index contributed by atoms with van der Waals surface area (Å²) >= 11 is 0. The van der Waals surface area contributed by atoms with Crippen LogP contribution in [0.1, 0.15) is 5.56 Å². The molecule has 11 heavy (non-hydrogen) atoms. The Morgan fingerprint density at radius 3 is 2.64 bits per heavy atom. The molecule has 0 atom stereocenters. The Kier molecular flexibility index (Phi) is 1.17. The zero-order valence-corrected chi connectivity index (χ0v) is 5.78. The average molecular weight is 152 g/mol. The topological polar surface area (TPSA) is 70.5 Å². The van der Waals surface area contributed by atoms with E-state index in [0.717, 1.165) is 0 Å². The van der Waals surface area contributed by atoms with Gasteiger partial charge in [0.25, 0.3) is 0 Å². The van der Waals surface area contributed by atoms with E-state index in [2.05, 4.69) is 4.89 Å². The van der Waals surface area contributed by atoms with Crippen molar-refractivity contribution in [3.05, 3.63) is 29.8 Å². The van der Waals surface area contributed by atoms with Gasteiger partial charge >= 0.3 is 0 Å². The van der Waals surface area contributed by atoms with Crippen LogP contribution in [-0.4, -0.2) is 0 Å². The third kappa shape index (κ3) is 0.883. The molecular formula is C7H8N2O2. The van der Waals surface area contributed by atoms with Gasteiger partial charge in [-0.05, 0) is 12.1 Å². The van der Waals surface area contributed by atoms with E-state index >= 15 is 0 Å². The number of benzene rings is 1. The third-order valence-electron chi connectivity index (χ3n) is 1.58. The number of para-hydroxylation sites is 1. The van der Waals surface area contributed by atoms with Crippen LogP contribution >= 0.6 is 0 Å². The van der Waals surface area contributed by atoms with Gasteiger partial charge in [-0.25, -0.2) is 0 Å². The highest BCUT2D eigenvalue weighted by Crippen LogP contribution is 2.32. The Labute approximate surface area is 63.6 Å². The van der Waals surface area contributed by atoms with E-state index in [0.29, 0.717) is 11.3 Å². The molecule has 1 aliphatic heterocycles. The summed E-state index contributed by atoms with van der Waals surface area (Å²) in [7, 11) is 0. The molecule has 1 heterocycles. The number of hydrogen-bond acceptors (Lipinski definition) is 4. The molecule has 4 heteroatoms. The lowest BCUT2D eigenvalue weighted by atomic mass is 10.1. The molecule has 0 bridgehead atoms. The first kappa shape index (κ1) is 6.60. The summed E-state index contributed by atoms with van der Waals surface area (Å²) in [4.78, 5) is 9.43. The van der Waals surface area contributed by atoms with Crippen LogP contribution in [0.3, 0.4) is 0 Å². The van der Waals surface area contributed by atoms with Crippen molar-refractivity contribution in [3.63, 3.8) is 0 Å². The monoisotopic (exact) mass is 152 g/mol. The van der Waals surface area contributed by atoms with E-state index in [9.17, 15) is 0 Å². The SMILES string of the molecule is NC1(N)OOc2ccccc21. The van der Waals surface area contributed by atoms with Gasteiger partial charge in [0, 0.05) is 0 Å². The molecule has 0 aromatic heterocycles. The zero-order chi connectivity index (χ0) is 7.90. The summed E-state index contributed by atoms with van der Waals surface area (Å²) < 4.78 is 0. The maximum atomic E-state index is 5.52. The smallest absolute Gasteiger partial charge is 0.245 e. The van der Waals surface area contributed by atoms with Crippen molar-refractivity contribution < 1.29 is 9.78 Å².